The van der Waals surface area contributed by atoms with Gasteiger partial charge in [-0.1, -0.05) is 20.8 Å². The van der Waals surface area contributed by atoms with Crippen LogP contribution in [0.4, 0.5) is 4.39 Å². The standard InChI is InChI=1S/C24H31FN4O/c1-23(2)18(6-8-20-7-5-17(14-26)15-28-20)9-11-24(23,3)12-10-22(30)29-16-19(25)13-21(29)27-4/h5,7,15,18-19,21H,6,8-13,16H2,1-3H3/t18-,19-,21-,24-/m0/s1. The molecule has 3 rings (SSSR count). The van der Waals surface area contributed by atoms with Crippen molar-refractivity contribution in [2.45, 2.75) is 78.1 Å². The van der Waals surface area contributed by atoms with Crippen LogP contribution in [0.15, 0.2) is 18.3 Å². The third kappa shape index (κ3) is 4.33. The summed E-state index contributed by atoms with van der Waals surface area (Å²) in [4.78, 5) is 22.0. The molecule has 0 spiro atoms. The molecule has 1 saturated carbocycles. The van der Waals surface area contributed by atoms with Gasteiger partial charge < -0.3 is 0 Å². The Kier molecular flexibility index (Phi) is 6.46. The molecule has 160 valence electrons. The number of halogens is 1. The van der Waals surface area contributed by atoms with Crippen molar-refractivity contribution in [3.63, 3.8) is 0 Å². The molecule has 1 aliphatic carbocycles. The van der Waals surface area contributed by atoms with Crippen LogP contribution in [0, 0.1) is 34.7 Å². The van der Waals surface area contributed by atoms with E-state index in [9.17, 15) is 9.18 Å². The summed E-state index contributed by atoms with van der Waals surface area (Å²) in [6.45, 7) is 14.2. The number of aryl methyl sites for hydroxylation is 1. The third-order valence-corrected chi connectivity index (χ3v) is 7.90. The van der Waals surface area contributed by atoms with E-state index in [1.807, 2.05) is 12.1 Å². The topological polar surface area (TPSA) is 61.4 Å². The zero-order valence-electron chi connectivity index (χ0n) is 18.2. The van der Waals surface area contributed by atoms with Crippen LogP contribution < -0.4 is 0 Å². The number of hydrogen-bond acceptors (Lipinski definition) is 3. The maximum Gasteiger partial charge on any atom is 0.303 e. The molecule has 6 heteroatoms. The van der Waals surface area contributed by atoms with Gasteiger partial charge >= 0.3 is 6.17 Å². The quantitative estimate of drug-likeness (QED) is 0.625. The Bertz CT molecular complexity index is 853. The number of alkyl halides is 1. The van der Waals surface area contributed by atoms with Gasteiger partial charge in [0.25, 0.3) is 0 Å². The lowest BCUT2D eigenvalue weighted by atomic mass is 9.63. The van der Waals surface area contributed by atoms with Crippen molar-refractivity contribution in [1.82, 2.24) is 9.88 Å². The Labute approximate surface area is 179 Å². The van der Waals surface area contributed by atoms with Crippen LogP contribution in [-0.2, 0) is 11.2 Å². The van der Waals surface area contributed by atoms with E-state index in [4.69, 9.17) is 11.8 Å². The van der Waals surface area contributed by atoms with Gasteiger partial charge in [-0.05, 0) is 61.0 Å². The Hall–Kier alpha value is -2.47. The van der Waals surface area contributed by atoms with E-state index in [2.05, 4.69) is 36.7 Å². The average molecular weight is 411 g/mol. The summed E-state index contributed by atoms with van der Waals surface area (Å²) in [7, 11) is 0. The third-order valence-electron chi connectivity index (χ3n) is 7.90. The Balaban J connectivity index is 1.57. The second-order valence-corrected chi connectivity index (χ2v) is 9.70. The molecule has 2 heterocycles. The fourth-order valence-electron chi connectivity index (χ4n) is 5.26. The number of carbonyl (C=O) groups excluding carboxylic acids is 1. The molecule has 0 aromatic carbocycles. The lowest BCUT2D eigenvalue weighted by Crippen LogP contribution is -2.38. The first-order valence-electron chi connectivity index (χ1n) is 10.9. The Morgan fingerprint density at radius 2 is 2.20 bits per heavy atom. The summed E-state index contributed by atoms with van der Waals surface area (Å²) >= 11 is 0. The average Bonchev–Trinajstić information content (AvgIpc) is 3.22. The predicted molar refractivity (Wildman–Crippen MR) is 113 cm³/mol. The van der Waals surface area contributed by atoms with Crippen molar-refractivity contribution in [3.8, 4) is 6.07 Å². The van der Waals surface area contributed by atoms with Gasteiger partial charge in [-0.15, -0.1) is 0 Å². The summed E-state index contributed by atoms with van der Waals surface area (Å²) in [5, 5.41) is 8.91. The Morgan fingerprint density at radius 3 is 2.83 bits per heavy atom. The number of likely N-dealkylation sites (tertiary alicyclic amines) is 1. The highest BCUT2D eigenvalue weighted by Gasteiger charge is 2.51. The van der Waals surface area contributed by atoms with Crippen LogP contribution in [0.2, 0.25) is 0 Å². The molecule has 1 saturated heterocycles. The number of rotatable bonds is 6. The summed E-state index contributed by atoms with van der Waals surface area (Å²) in [6.07, 6.45) is 5.30. The zero-order valence-corrected chi connectivity index (χ0v) is 18.2. The first-order chi connectivity index (χ1) is 14.2. The minimum Gasteiger partial charge on any atom is -0.289 e. The van der Waals surface area contributed by atoms with Gasteiger partial charge in [0.1, 0.15) is 12.2 Å². The second-order valence-electron chi connectivity index (χ2n) is 9.70. The highest BCUT2D eigenvalue weighted by atomic mass is 19.1. The molecule has 2 fully saturated rings. The highest BCUT2D eigenvalue weighted by molar-refractivity contribution is 5.77. The molecule has 30 heavy (non-hydrogen) atoms. The SMILES string of the molecule is [C-]#[N+][C@@H]1C[C@H](F)CN1C(=O)CC[C@]1(C)CC[C@H](CCc2ccc(C#N)cn2)C1(C)C. The van der Waals surface area contributed by atoms with E-state index < -0.39 is 12.3 Å². The number of pyridine rings is 1. The van der Waals surface area contributed by atoms with Crippen molar-refractivity contribution in [1.29, 1.82) is 5.26 Å². The van der Waals surface area contributed by atoms with Gasteiger partial charge in [0, 0.05) is 18.3 Å². The molecule has 0 radical (unpaired) electrons. The number of aromatic nitrogens is 1. The second kappa shape index (κ2) is 8.72. The zero-order chi connectivity index (χ0) is 21.9. The number of nitrogens with zero attached hydrogens (tertiary/aromatic N) is 4. The molecule has 1 aromatic rings. The maximum absolute atomic E-state index is 13.7. The summed E-state index contributed by atoms with van der Waals surface area (Å²) < 4.78 is 13.7. The van der Waals surface area contributed by atoms with Crippen LogP contribution in [-0.4, -0.2) is 34.7 Å². The molecular formula is C24H31FN4O. The van der Waals surface area contributed by atoms with Crippen molar-refractivity contribution < 1.29 is 9.18 Å². The molecule has 5 nitrogen and oxygen atoms in total. The first kappa shape index (κ1) is 22.2. The van der Waals surface area contributed by atoms with Crippen LogP contribution in [0.25, 0.3) is 4.85 Å². The van der Waals surface area contributed by atoms with Crippen LogP contribution in [0.5, 0.6) is 0 Å². The van der Waals surface area contributed by atoms with E-state index >= 15 is 0 Å². The normalized spacial score (nSPS) is 30.1. The fourth-order valence-corrected chi connectivity index (χ4v) is 5.26. The fraction of sp³-hybridized carbons (Fsp3) is 0.667. The van der Waals surface area contributed by atoms with Crippen molar-refractivity contribution in [2.24, 2.45) is 16.7 Å². The van der Waals surface area contributed by atoms with Gasteiger partial charge in [-0.25, -0.2) is 11.0 Å². The number of nitriles is 1. The molecule has 0 unspecified atom stereocenters. The lowest BCUT2D eigenvalue weighted by molar-refractivity contribution is -0.132. The van der Waals surface area contributed by atoms with E-state index in [-0.39, 0.29) is 29.7 Å². The van der Waals surface area contributed by atoms with Gasteiger partial charge in [0.2, 0.25) is 5.91 Å². The minimum atomic E-state index is -1.08. The van der Waals surface area contributed by atoms with Gasteiger partial charge in [-0.3, -0.25) is 19.5 Å². The summed E-state index contributed by atoms with van der Waals surface area (Å²) in [5.74, 6) is 0.450. The van der Waals surface area contributed by atoms with Crippen LogP contribution in [0.3, 0.4) is 0 Å². The largest absolute Gasteiger partial charge is 0.303 e. The van der Waals surface area contributed by atoms with E-state index in [1.165, 1.54) is 4.90 Å². The molecule has 4 atom stereocenters. The van der Waals surface area contributed by atoms with Crippen LogP contribution >= 0.6 is 0 Å². The van der Waals surface area contributed by atoms with Crippen molar-refractivity contribution in [3.05, 3.63) is 41.0 Å². The monoisotopic (exact) mass is 410 g/mol. The lowest BCUT2D eigenvalue weighted by Gasteiger charge is -2.42. The van der Waals surface area contributed by atoms with E-state index in [0.29, 0.717) is 17.9 Å². The summed E-state index contributed by atoms with van der Waals surface area (Å²) in [6, 6.07) is 5.84. The smallest absolute Gasteiger partial charge is 0.289 e. The molecule has 0 bridgehead atoms. The first-order valence-corrected chi connectivity index (χ1v) is 10.9. The molecule has 0 N–H and O–H groups in total. The minimum absolute atomic E-state index is 0.0356. The molecular weight excluding hydrogens is 379 g/mol. The summed E-state index contributed by atoms with van der Waals surface area (Å²) in [5.41, 5.74) is 1.70. The molecule has 1 aromatic heterocycles. The number of hydrogen-bond donors (Lipinski definition) is 0. The van der Waals surface area contributed by atoms with E-state index in [0.717, 1.165) is 37.8 Å². The van der Waals surface area contributed by atoms with Crippen LogP contribution in [0.1, 0.15) is 70.6 Å². The number of amides is 1. The maximum atomic E-state index is 13.7. The van der Waals surface area contributed by atoms with Gasteiger partial charge in [0.15, 0.2) is 0 Å². The van der Waals surface area contributed by atoms with Gasteiger partial charge in [-0.2, -0.15) is 5.26 Å². The van der Waals surface area contributed by atoms with Gasteiger partial charge in [0.05, 0.1) is 18.5 Å². The Morgan fingerprint density at radius 1 is 1.43 bits per heavy atom. The number of carbonyl (C=O) groups is 1. The molecule has 2 aliphatic rings. The van der Waals surface area contributed by atoms with Crippen molar-refractivity contribution in [2.75, 3.05) is 6.54 Å². The van der Waals surface area contributed by atoms with E-state index in [1.54, 1.807) is 6.20 Å². The highest BCUT2D eigenvalue weighted by Crippen LogP contribution is 2.59. The molecule has 1 amide bonds. The molecule has 1 aliphatic heterocycles. The van der Waals surface area contributed by atoms with Crippen molar-refractivity contribution >= 4 is 5.91 Å². The predicted octanol–water partition coefficient (Wildman–Crippen LogP) is 4.92.